The van der Waals surface area contributed by atoms with Gasteiger partial charge in [0.1, 0.15) is 5.82 Å². The van der Waals surface area contributed by atoms with Gasteiger partial charge in [-0.05, 0) is 6.07 Å². The zero-order valence-electron chi connectivity index (χ0n) is 9.92. The zero-order valence-corrected chi connectivity index (χ0v) is 9.92. The Kier molecular flexibility index (Phi) is 3.50. The van der Waals surface area contributed by atoms with Crippen molar-refractivity contribution in [2.24, 2.45) is 0 Å². The van der Waals surface area contributed by atoms with Gasteiger partial charge in [0.2, 0.25) is 5.82 Å². The first-order valence-electron chi connectivity index (χ1n) is 5.26. The molecule has 0 saturated carbocycles. The molecule has 3 N–H and O–H groups in total. The summed E-state index contributed by atoms with van der Waals surface area (Å²) >= 11 is 0. The number of hydrogen-bond donors (Lipinski definition) is 2. The minimum Gasteiger partial charge on any atom is -0.478 e. The highest BCUT2D eigenvalue weighted by molar-refractivity contribution is 5.90. The van der Waals surface area contributed by atoms with Gasteiger partial charge in [0.05, 0.1) is 11.1 Å². The maximum atomic E-state index is 13.6. The van der Waals surface area contributed by atoms with Gasteiger partial charge < -0.3 is 10.8 Å². The number of pyridine rings is 1. The van der Waals surface area contributed by atoms with Crippen LogP contribution in [0.2, 0.25) is 0 Å². The van der Waals surface area contributed by atoms with E-state index in [1.807, 2.05) is 0 Å². The summed E-state index contributed by atoms with van der Waals surface area (Å²) in [6.07, 6.45) is 0.785. The van der Waals surface area contributed by atoms with Crippen LogP contribution < -0.4 is 5.73 Å². The number of carboxylic acid groups (broad SMARTS) is 1. The van der Waals surface area contributed by atoms with Gasteiger partial charge in [0, 0.05) is 11.8 Å². The van der Waals surface area contributed by atoms with Crippen molar-refractivity contribution in [2.45, 2.75) is 0 Å². The standard InChI is InChI=1S/C12H5F5N2O2/c13-6-5(7(14)9(16)10(17)8(6)15)4-1-3(12(20)21)2-19-11(4)18/h1-2H,(H2,18,19)(H,20,21). The number of carbonyl (C=O) groups is 1. The average Bonchev–Trinajstić information content (AvgIpc) is 2.45. The molecule has 2 aromatic rings. The second-order valence-electron chi connectivity index (χ2n) is 3.91. The van der Waals surface area contributed by atoms with E-state index in [1.54, 1.807) is 0 Å². The van der Waals surface area contributed by atoms with Gasteiger partial charge in [-0.3, -0.25) is 0 Å². The second-order valence-corrected chi connectivity index (χ2v) is 3.91. The van der Waals surface area contributed by atoms with Crippen LogP contribution in [0, 0.1) is 29.1 Å². The predicted octanol–water partition coefficient (Wildman–Crippen LogP) is 2.72. The SMILES string of the molecule is Nc1ncc(C(=O)O)cc1-c1c(F)c(F)c(F)c(F)c1F. The summed E-state index contributed by atoms with van der Waals surface area (Å²) in [5.41, 5.74) is 2.76. The molecule has 0 fully saturated rings. The minimum absolute atomic E-state index is 0.525. The molecule has 0 aliphatic carbocycles. The van der Waals surface area contributed by atoms with Crippen LogP contribution in [0.5, 0.6) is 0 Å². The van der Waals surface area contributed by atoms with Gasteiger partial charge in [-0.25, -0.2) is 31.7 Å². The zero-order chi connectivity index (χ0) is 15.9. The number of nitrogens with two attached hydrogens (primary N) is 1. The van der Waals surface area contributed by atoms with Crippen molar-refractivity contribution in [3.63, 3.8) is 0 Å². The fraction of sp³-hybridized carbons (Fsp3) is 0. The smallest absolute Gasteiger partial charge is 0.337 e. The fourth-order valence-electron chi connectivity index (χ4n) is 1.63. The lowest BCUT2D eigenvalue weighted by molar-refractivity contribution is 0.0696. The highest BCUT2D eigenvalue weighted by Gasteiger charge is 2.28. The fourth-order valence-corrected chi connectivity index (χ4v) is 1.63. The maximum absolute atomic E-state index is 13.6. The Hall–Kier alpha value is -2.71. The third kappa shape index (κ3) is 2.26. The number of benzene rings is 1. The second kappa shape index (κ2) is 5.00. The number of aromatic carboxylic acids is 1. The van der Waals surface area contributed by atoms with Gasteiger partial charge in [-0.1, -0.05) is 0 Å². The van der Waals surface area contributed by atoms with E-state index in [0.717, 1.165) is 6.20 Å². The van der Waals surface area contributed by atoms with Gasteiger partial charge >= 0.3 is 5.97 Å². The third-order valence-electron chi connectivity index (χ3n) is 2.64. The Morgan fingerprint density at radius 1 is 1.00 bits per heavy atom. The van der Waals surface area contributed by atoms with Crippen LogP contribution in [-0.4, -0.2) is 16.1 Å². The molecule has 0 bridgehead atoms. The first-order chi connectivity index (χ1) is 9.75. The van der Waals surface area contributed by atoms with E-state index in [9.17, 15) is 26.7 Å². The highest BCUT2D eigenvalue weighted by Crippen LogP contribution is 2.34. The van der Waals surface area contributed by atoms with Gasteiger partial charge in [-0.2, -0.15) is 0 Å². The summed E-state index contributed by atoms with van der Waals surface area (Å²) in [6, 6.07) is 0.670. The monoisotopic (exact) mass is 304 g/mol. The largest absolute Gasteiger partial charge is 0.478 e. The van der Waals surface area contributed by atoms with Crippen LogP contribution in [0.25, 0.3) is 11.1 Å². The van der Waals surface area contributed by atoms with E-state index in [2.05, 4.69) is 4.98 Å². The molecule has 0 aliphatic rings. The quantitative estimate of drug-likeness (QED) is 0.508. The molecule has 0 atom stereocenters. The molecule has 110 valence electrons. The van der Waals surface area contributed by atoms with E-state index in [4.69, 9.17) is 10.8 Å². The van der Waals surface area contributed by atoms with E-state index < -0.39 is 57.6 Å². The number of nitrogens with zero attached hydrogens (tertiary/aromatic N) is 1. The molecule has 0 amide bonds. The van der Waals surface area contributed by atoms with Gasteiger partial charge in [0.15, 0.2) is 23.3 Å². The number of nitrogen functional groups attached to an aromatic ring is 1. The number of rotatable bonds is 2. The predicted molar refractivity (Wildman–Crippen MR) is 60.8 cm³/mol. The average molecular weight is 304 g/mol. The van der Waals surface area contributed by atoms with Crippen LogP contribution >= 0.6 is 0 Å². The third-order valence-corrected chi connectivity index (χ3v) is 2.64. The Labute approximate surface area is 113 Å². The van der Waals surface area contributed by atoms with Crippen molar-refractivity contribution in [2.75, 3.05) is 5.73 Å². The molecule has 0 aliphatic heterocycles. The molecule has 0 spiro atoms. The molecule has 4 nitrogen and oxygen atoms in total. The van der Waals surface area contributed by atoms with E-state index in [-0.39, 0.29) is 0 Å². The van der Waals surface area contributed by atoms with Gasteiger partial charge in [-0.15, -0.1) is 0 Å². The summed E-state index contributed by atoms with van der Waals surface area (Å²) in [5, 5.41) is 8.76. The Morgan fingerprint density at radius 2 is 1.48 bits per heavy atom. The molecular weight excluding hydrogens is 299 g/mol. The molecule has 1 aromatic heterocycles. The van der Waals surface area contributed by atoms with E-state index >= 15 is 0 Å². The summed E-state index contributed by atoms with van der Waals surface area (Å²) in [6.45, 7) is 0. The Bertz CT molecular complexity index is 735. The lowest BCUT2D eigenvalue weighted by Gasteiger charge is -2.10. The molecule has 1 aromatic carbocycles. The van der Waals surface area contributed by atoms with Crippen LogP contribution in [0.15, 0.2) is 12.3 Å². The van der Waals surface area contributed by atoms with Crippen LogP contribution in [-0.2, 0) is 0 Å². The van der Waals surface area contributed by atoms with E-state index in [0.29, 0.717) is 6.07 Å². The minimum atomic E-state index is -2.32. The van der Waals surface area contributed by atoms with Crippen LogP contribution in [0.3, 0.4) is 0 Å². The van der Waals surface area contributed by atoms with E-state index in [1.165, 1.54) is 0 Å². The number of hydrogen-bond acceptors (Lipinski definition) is 3. The van der Waals surface area contributed by atoms with Crippen molar-refractivity contribution >= 4 is 11.8 Å². The molecule has 2 rings (SSSR count). The molecule has 21 heavy (non-hydrogen) atoms. The molecule has 0 unspecified atom stereocenters. The molecule has 9 heteroatoms. The highest BCUT2D eigenvalue weighted by atomic mass is 19.2. The lowest BCUT2D eigenvalue weighted by atomic mass is 10.0. The van der Waals surface area contributed by atoms with Crippen LogP contribution in [0.1, 0.15) is 10.4 Å². The molecule has 0 saturated heterocycles. The van der Waals surface area contributed by atoms with Crippen molar-refractivity contribution in [1.29, 1.82) is 0 Å². The van der Waals surface area contributed by atoms with Crippen molar-refractivity contribution in [3.8, 4) is 11.1 Å². The van der Waals surface area contributed by atoms with Crippen molar-refractivity contribution in [3.05, 3.63) is 46.9 Å². The summed E-state index contributed by atoms with van der Waals surface area (Å²) in [4.78, 5) is 14.1. The molecule has 0 radical (unpaired) electrons. The first kappa shape index (κ1) is 14.7. The number of halogens is 5. The van der Waals surface area contributed by atoms with Crippen molar-refractivity contribution in [1.82, 2.24) is 4.98 Å². The summed E-state index contributed by atoms with van der Waals surface area (Å²) < 4.78 is 66.5. The first-order valence-corrected chi connectivity index (χ1v) is 5.26. The summed E-state index contributed by atoms with van der Waals surface area (Å²) in [5.74, 6) is -13.0. The number of carboxylic acids is 1. The Morgan fingerprint density at radius 3 is 1.95 bits per heavy atom. The molecular formula is C12H5F5N2O2. The molecule has 1 heterocycles. The topological polar surface area (TPSA) is 76.2 Å². The lowest BCUT2D eigenvalue weighted by Crippen LogP contribution is -2.07. The maximum Gasteiger partial charge on any atom is 0.337 e. The number of anilines is 1. The summed E-state index contributed by atoms with van der Waals surface area (Å²) in [7, 11) is 0. The number of aromatic nitrogens is 1. The Balaban J connectivity index is 2.85. The van der Waals surface area contributed by atoms with Crippen molar-refractivity contribution < 1.29 is 31.9 Å². The van der Waals surface area contributed by atoms with Gasteiger partial charge in [0.25, 0.3) is 0 Å². The normalized spacial score (nSPS) is 10.7. The van der Waals surface area contributed by atoms with Crippen LogP contribution in [0.4, 0.5) is 27.8 Å².